The highest BCUT2D eigenvalue weighted by Crippen LogP contribution is 2.40. The smallest absolute Gasteiger partial charge is 0.257 e. The Kier molecular flexibility index (Phi) is 6.52. The number of methoxy groups -OCH3 is 3. The van der Waals surface area contributed by atoms with Crippen molar-refractivity contribution in [2.75, 3.05) is 26.6 Å². The Morgan fingerprint density at radius 1 is 1.08 bits per heavy atom. The summed E-state index contributed by atoms with van der Waals surface area (Å²) < 4.78 is 21.3. The van der Waals surface area contributed by atoms with Crippen molar-refractivity contribution in [2.45, 2.75) is 20.0 Å². The summed E-state index contributed by atoms with van der Waals surface area (Å²) in [4.78, 5) is 16.6. The predicted molar refractivity (Wildman–Crippen MR) is 99.1 cm³/mol. The fourth-order valence-corrected chi connectivity index (χ4v) is 2.43. The number of amides is 1. The van der Waals surface area contributed by atoms with Crippen LogP contribution in [-0.4, -0.2) is 38.3 Å². The normalized spacial score (nSPS) is 10.4. The average Bonchev–Trinajstić information content (AvgIpc) is 2.61. The molecule has 0 aliphatic rings. The Morgan fingerprint density at radius 2 is 1.69 bits per heavy atom. The first-order chi connectivity index (χ1) is 12.4. The quantitative estimate of drug-likeness (QED) is 0.787. The van der Waals surface area contributed by atoms with E-state index in [1.807, 2.05) is 13.8 Å². The summed E-state index contributed by atoms with van der Waals surface area (Å²) in [5.74, 6) is 1.20. The molecular formula is C18H21ClN2O5. The Morgan fingerprint density at radius 3 is 2.15 bits per heavy atom. The Hall–Kier alpha value is -2.67. The van der Waals surface area contributed by atoms with Crippen molar-refractivity contribution in [3.8, 4) is 23.1 Å². The van der Waals surface area contributed by atoms with Gasteiger partial charge in [0.2, 0.25) is 11.6 Å². The van der Waals surface area contributed by atoms with E-state index in [9.17, 15) is 4.79 Å². The van der Waals surface area contributed by atoms with Gasteiger partial charge in [-0.25, -0.2) is 4.98 Å². The molecule has 0 saturated heterocycles. The van der Waals surface area contributed by atoms with Gasteiger partial charge in [0.25, 0.3) is 5.91 Å². The molecule has 0 radical (unpaired) electrons. The van der Waals surface area contributed by atoms with Gasteiger partial charge in [-0.3, -0.25) is 4.79 Å². The first kappa shape index (κ1) is 19.7. The van der Waals surface area contributed by atoms with Gasteiger partial charge in [-0.05, 0) is 19.9 Å². The van der Waals surface area contributed by atoms with Crippen LogP contribution in [0.25, 0.3) is 0 Å². The molecule has 0 atom stereocenters. The molecule has 0 spiro atoms. The maximum Gasteiger partial charge on any atom is 0.257 e. The fraction of sp³-hybridized carbons (Fsp3) is 0.333. The van der Waals surface area contributed by atoms with E-state index in [1.165, 1.54) is 33.6 Å². The second-order valence-corrected chi connectivity index (χ2v) is 5.95. The van der Waals surface area contributed by atoms with Crippen molar-refractivity contribution in [2.24, 2.45) is 0 Å². The van der Waals surface area contributed by atoms with Crippen molar-refractivity contribution in [1.82, 2.24) is 4.98 Å². The van der Waals surface area contributed by atoms with Gasteiger partial charge in [0.15, 0.2) is 11.5 Å². The standard InChI is InChI=1S/C18H21ClN2O5/c1-10(2)26-18-13(19)6-11(9-20-18)17(22)21-12-7-14(23-3)16(25-5)15(8-12)24-4/h6-10H,1-5H3,(H,21,22). The molecule has 1 heterocycles. The van der Waals surface area contributed by atoms with E-state index in [0.717, 1.165) is 0 Å². The molecule has 2 rings (SSSR count). The van der Waals surface area contributed by atoms with Gasteiger partial charge in [0.05, 0.1) is 33.0 Å². The minimum Gasteiger partial charge on any atom is -0.493 e. The number of anilines is 1. The van der Waals surface area contributed by atoms with E-state index < -0.39 is 0 Å². The van der Waals surface area contributed by atoms with E-state index >= 15 is 0 Å². The lowest BCUT2D eigenvalue weighted by atomic mass is 10.2. The summed E-state index contributed by atoms with van der Waals surface area (Å²) in [6, 6.07) is 4.76. The zero-order valence-corrected chi connectivity index (χ0v) is 16.0. The third kappa shape index (κ3) is 4.49. The molecule has 26 heavy (non-hydrogen) atoms. The summed E-state index contributed by atoms with van der Waals surface area (Å²) in [5, 5.41) is 3.01. The number of benzene rings is 1. The fourth-order valence-electron chi connectivity index (χ4n) is 2.22. The van der Waals surface area contributed by atoms with Crippen LogP contribution >= 0.6 is 11.6 Å². The van der Waals surface area contributed by atoms with Gasteiger partial charge in [-0.2, -0.15) is 0 Å². The first-order valence-corrected chi connectivity index (χ1v) is 8.21. The van der Waals surface area contributed by atoms with Gasteiger partial charge in [0, 0.05) is 24.0 Å². The zero-order valence-electron chi connectivity index (χ0n) is 15.3. The molecule has 8 heteroatoms. The highest BCUT2D eigenvalue weighted by molar-refractivity contribution is 6.32. The second-order valence-electron chi connectivity index (χ2n) is 5.55. The zero-order chi connectivity index (χ0) is 19.3. The van der Waals surface area contributed by atoms with Crippen molar-refractivity contribution in [3.63, 3.8) is 0 Å². The molecule has 0 bridgehead atoms. The van der Waals surface area contributed by atoms with Crippen LogP contribution in [0, 0.1) is 0 Å². The van der Waals surface area contributed by atoms with Crippen LogP contribution in [-0.2, 0) is 0 Å². The number of nitrogens with zero attached hydrogens (tertiary/aromatic N) is 1. The maximum atomic E-state index is 12.5. The summed E-state index contributed by atoms with van der Waals surface area (Å²) in [5.41, 5.74) is 0.767. The molecule has 2 aromatic rings. The Labute approximate surface area is 157 Å². The molecule has 140 valence electrons. The third-order valence-electron chi connectivity index (χ3n) is 3.34. The van der Waals surface area contributed by atoms with E-state index in [2.05, 4.69) is 10.3 Å². The molecule has 1 aromatic carbocycles. The van der Waals surface area contributed by atoms with Gasteiger partial charge < -0.3 is 24.3 Å². The lowest BCUT2D eigenvalue weighted by Crippen LogP contribution is -2.13. The predicted octanol–water partition coefficient (Wildman–Crippen LogP) is 3.80. The molecule has 0 fully saturated rings. The number of rotatable bonds is 7. The second kappa shape index (κ2) is 8.62. The highest BCUT2D eigenvalue weighted by atomic mass is 35.5. The summed E-state index contributed by atoms with van der Waals surface area (Å²) in [6.07, 6.45) is 1.33. The number of ether oxygens (including phenoxy) is 4. The number of pyridine rings is 1. The Bertz CT molecular complexity index is 770. The molecule has 1 amide bonds. The van der Waals surface area contributed by atoms with Crippen molar-refractivity contribution < 1.29 is 23.7 Å². The minimum atomic E-state index is -0.384. The monoisotopic (exact) mass is 380 g/mol. The van der Waals surface area contributed by atoms with E-state index in [1.54, 1.807) is 12.1 Å². The van der Waals surface area contributed by atoms with Gasteiger partial charge >= 0.3 is 0 Å². The number of halogens is 1. The third-order valence-corrected chi connectivity index (χ3v) is 3.61. The number of carbonyl (C=O) groups excluding carboxylic acids is 1. The first-order valence-electron chi connectivity index (χ1n) is 7.83. The van der Waals surface area contributed by atoms with E-state index in [4.69, 9.17) is 30.5 Å². The SMILES string of the molecule is COc1cc(NC(=O)c2cnc(OC(C)C)c(Cl)c2)cc(OC)c1OC. The number of hydrogen-bond acceptors (Lipinski definition) is 6. The van der Waals surface area contributed by atoms with Crippen LogP contribution in [0.5, 0.6) is 23.1 Å². The number of aromatic nitrogens is 1. The minimum absolute atomic E-state index is 0.0705. The molecule has 1 aromatic heterocycles. The average molecular weight is 381 g/mol. The van der Waals surface area contributed by atoms with Gasteiger partial charge in [-0.15, -0.1) is 0 Å². The van der Waals surface area contributed by atoms with Crippen LogP contribution in [0.2, 0.25) is 5.02 Å². The summed E-state index contributed by atoms with van der Waals surface area (Å²) >= 11 is 6.13. The maximum absolute atomic E-state index is 12.5. The van der Waals surface area contributed by atoms with Crippen molar-refractivity contribution in [3.05, 3.63) is 35.0 Å². The molecular weight excluding hydrogens is 360 g/mol. The summed E-state index contributed by atoms with van der Waals surface area (Å²) in [7, 11) is 4.51. The summed E-state index contributed by atoms with van der Waals surface area (Å²) in [6.45, 7) is 3.73. The molecule has 0 aliphatic heterocycles. The van der Waals surface area contributed by atoms with Crippen molar-refractivity contribution in [1.29, 1.82) is 0 Å². The van der Waals surface area contributed by atoms with Gasteiger partial charge in [-0.1, -0.05) is 11.6 Å². The number of carbonyl (C=O) groups is 1. The molecule has 1 N–H and O–H groups in total. The number of nitrogens with one attached hydrogen (secondary N) is 1. The van der Waals surface area contributed by atoms with Crippen LogP contribution in [0.1, 0.15) is 24.2 Å². The van der Waals surface area contributed by atoms with Crippen LogP contribution in [0.3, 0.4) is 0 Å². The molecule has 7 nitrogen and oxygen atoms in total. The molecule has 0 aliphatic carbocycles. The number of hydrogen-bond donors (Lipinski definition) is 1. The van der Waals surface area contributed by atoms with Crippen LogP contribution in [0.15, 0.2) is 24.4 Å². The van der Waals surface area contributed by atoms with E-state index in [-0.39, 0.29) is 22.9 Å². The topological polar surface area (TPSA) is 78.9 Å². The lowest BCUT2D eigenvalue weighted by Gasteiger charge is -2.15. The lowest BCUT2D eigenvalue weighted by molar-refractivity contribution is 0.102. The highest BCUT2D eigenvalue weighted by Gasteiger charge is 2.16. The van der Waals surface area contributed by atoms with Crippen molar-refractivity contribution >= 4 is 23.2 Å². The van der Waals surface area contributed by atoms with Crippen LogP contribution in [0.4, 0.5) is 5.69 Å². The molecule has 0 saturated carbocycles. The molecule has 0 unspecified atom stereocenters. The van der Waals surface area contributed by atoms with E-state index in [0.29, 0.717) is 28.5 Å². The van der Waals surface area contributed by atoms with Crippen LogP contribution < -0.4 is 24.3 Å². The Balaban J connectivity index is 2.26. The van der Waals surface area contributed by atoms with Gasteiger partial charge in [0.1, 0.15) is 5.02 Å². The largest absolute Gasteiger partial charge is 0.493 e.